The van der Waals surface area contributed by atoms with Crippen molar-refractivity contribution >= 4 is 33.6 Å². The normalized spacial score (nSPS) is 14.9. The Balaban J connectivity index is 1.40. The van der Waals surface area contributed by atoms with Crippen LogP contribution in [0.5, 0.6) is 5.75 Å². The third-order valence-electron chi connectivity index (χ3n) is 6.59. The minimum atomic E-state index is -3.69. The summed E-state index contributed by atoms with van der Waals surface area (Å²) >= 11 is 6.13. The predicted octanol–water partition coefficient (Wildman–Crippen LogP) is 4.65. The van der Waals surface area contributed by atoms with E-state index in [0.29, 0.717) is 56.4 Å². The minimum Gasteiger partial charge on any atom is -0.496 e. The van der Waals surface area contributed by atoms with Crippen LogP contribution in [0.1, 0.15) is 15.9 Å². The molecule has 39 heavy (non-hydrogen) atoms. The molecule has 1 aliphatic heterocycles. The largest absolute Gasteiger partial charge is 0.496 e. The minimum absolute atomic E-state index is 0.0810. The maximum absolute atomic E-state index is 13.4. The van der Waals surface area contributed by atoms with Crippen molar-refractivity contribution in [3.05, 3.63) is 101 Å². The van der Waals surface area contributed by atoms with Gasteiger partial charge in [0, 0.05) is 62.0 Å². The highest BCUT2D eigenvalue weighted by molar-refractivity contribution is 7.89. The third kappa shape index (κ3) is 7.45. The van der Waals surface area contributed by atoms with Crippen LogP contribution < -0.4 is 4.74 Å². The number of piperazine rings is 1. The van der Waals surface area contributed by atoms with Gasteiger partial charge in [-0.3, -0.25) is 9.69 Å². The molecule has 0 spiro atoms. The van der Waals surface area contributed by atoms with Crippen LogP contribution in [0.2, 0.25) is 5.02 Å². The van der Waals surface area contributed by atoms with Gasteiger partial charge in [-0.25, -0.2) is 12.8 Å². The number of carbonyl (C=O) groups excluding carboxylic acids is 1. The number of rotatable bonds is 10. The zero-order chi connectivity index (χ0) is 27.8. The molecular weight excluding hydrogens is 541 g/mol. The summed E-state index contributed by atoms with van der Waals surface area (Å²) in [4.78, 5) is 17.3. The van der Waals surface area contributed by atoms with Gasteiger partial charge in [-0.05, 0) is 48.5 Å². The van der Waals surface area contributed by atoms with E-state index in [1.165, 1.54) is 16.4 Å². The molecule has 0 aromatic heterocycles. The Labute approximate surface area is 234 Å². The topological polar surface area (TPSA) is 70.2 Å². The van der Waals surface area contributed by atoms with E-state index >= 15 is 0 Å². The Morgan fingerprint density at radius 3 is 2.44 bits per heavy atom. The lowest BCUT2D eigenvalue weighted by Gasteiger charge is -2.35. The fourth-order valence-corrected chi connectivity index (χ4v) is 6.01. The van der Waals surface area contributed by atoms with E-state index in [0.717, 1.165) is 23.4 Å². The van der Waals surface area contributed by atoms with Crippen LogP contribution in [0.3, 0.4) is 0 Å². The van der Waals surface area contributed by atoms with E-state index in [9.17, 15) is 17.6 Å². The number of halogens is 2. The van der Waals surface area contributed by atoms with E-state index in [1.807, 2.05) is 36.4 Å². The Morgan fingerprint density at radius 1 is 1.03 bits per heavy atom. The smallest absolute Gasteiger partial charge is 0.254 e. The van der Waals surface area contributed by atoms with Gasteiger partial charge in [0.05, 0.1) is 12.0 Å². The number of benzene rings is 3. The summed E-state index contributed by atoms with van der Waals surface area (Å²) < 4.78 is 45.9. The molecule has 1 heterocycles. The summed E-state index contributed by atoms with van der Waals surface area (Å²) in [6.07, 6.45) is 3.85. The first-order chi connectivity index (χ1) is 18.8. The number of sulfonamides is 1. The van der Waals surface area contributed by atoms with E-state index in [-0.39, 0.29) is 10.8 Å². The maximum atomic E-state index is 13.4. The molecule has 3 aromatic rings. The third-order valence-corrected chi connectivity index (χ3v) is 8.74. The number of methoxy groups -OCH3 is 1. The molecule has 4 rings (SSSR count). The molecule has 0 N–H and O–H groups in total. The standard InChI is InChI=1S/C29H31ClFN3O4S/c1-38-28-10-3-2-6-23(28)8-5-15-33(29(35)24-7-4-9-25(30)22-24)19-16-32-17-20-34(21-18-32)39(36,37)27-13-11-26(31)12-14-27/h2-14,22H,15-21H2,1H3/b8-5+. The van der Waals surface area contributed by atoms with Crippen LogP contribution in [-0.4, -0.2) is 81.4 Å². The average molecular weight is 572 g/mol. The van der Waals surface area contributed by atoms with Crippen LogP contribution in [0.25, 0.3) is 6.08 Å². The molecule has 1 fully saturated rings. The van der Waals surface area contributed by atoms with Crippen molar-refractivity contribution in [3.8, 4) is 5.75 Å². The zero-order valence-electron chi connectivity index (χ0n) is 21.7. The van der Waals surface area contributed by atoms with E-state index < -0.39 is 15.8 Å². The molecule has 1 aliphatic rings. The highest BCUT2D eigenvalue weighted by atomic mass is 35.5. The van der Waals surface area contributed by atoms with Crippen molar-refractivity contribution in [2.24, 2.45) is 0 Å². The molecule has 0 bridgehead atoms. The lowest BCUT2D eigenvalue weighted by molar-refractivity contribution is 0.0745. The maximum Gasteiger partial charge on any atom is 0.254 e. The molecule has 0 saturated carbocycles. The fraction of sp³-hybridized carbons (Fsp3) is 0.276. The zero-order valence-corrected chi connectivity index (χ0v) is 23.2. The molecular formula is C29H31ClFN3O4S. The molecule has 0 radical (unpaired) electrons. The second-order valence-electron chi connectivity index (χ2n) is 9.11. The van der Waals surface area contributed by atoms with Crippen molar-refractivity contribution < 1.29 is 22.3 Å². The summed E-state index contributed by atoms with van der Waals surface area (Å²) in [5.41, 5.74) is 1.41. The molecule has 0 unspecified atom stereocenters. The van der Waals surface area contributed by atoms with Gasteiger partial charge in [-0.15, -0.1) is 0 Å². The second kappa shape index (κ2) is 13.2. The van der Waals surface area contributed by atoms with Crippen LogP contribution in [0.15, 0.2) is 83.8 Å². The lowest BCUT2D eigenvalue weighted by atomic mass is 10.1. The number of ether oxygens (including phenoxy) is 1. The fourth-order valence-electron chi connectivity index (χ4n) is 4.40. The molecule has 1 saturated heterocycles. The summed E-state index contributed by atoms with van der Waals surface area (Å²) in [7, 11) is -2.07. The van der Waals surface area contributed by atoms with Gasteiger partial charge in [-0.1, -0.05) is 48.0 Å². The van der Waals surface area contributed by atoms with Crippen LogP contribution >= 0.6 is 11.6 Å². The number of nitrogens with zero attached hydrogens (tertiary/aromatic N) is 3. The van der Waals surface area contributed by atoms with Gasteiger partial charge in [0.25, 0.3) is 5.91 Å². The van der Waals surface area contributed by atoms with Crippen molar-refractivity contribution in [2.45, 2.75) is 4.90 Å². The van der Waals surface area contributed by atoms with Crippen molar-refractivity contribution in [2.75, 3.05) is 52.9 Å². The van der Waals surface area contributed by atoms with Gasteiger partial charge in [-0.2, -0.15) is 4.31 Å². The summed E-state index contributed by atoms with van der Waals surface area (Å²) in [5.74, 6) is 0.128. The lowest BCUT2D eigenvalue weighted by Crippen LogP contribution is -2.50. The van der Waals surface area contributed by atoms with Crippen molar-refractivity contribution in [1.29, 1.82) is 0 Å². The summed E-state index contributed by atoms with van der Waals surface area (Å²) in [5, 5.41) is 0.490. The van der Waals surface area contributed by atoms with Crippen LogP contribution in [0.4, 0.5) is 4.39 Å². The molecule has 3 aromatic carbocycles. The molecule has 7 nitrogen and oxygen atoms in total. The Bertz CT molecular complexity index is 1410. The number of hydrogen-bond acceptors (Lipinski definition) is 5. The van der Waals surface area contributed by atoms with Gasteiger partial charge < -0.3 is 9.64 Å². The quantitative estimate of drug-likeness (QED) is 0.354. The molecule has 10 heteroatoms. The number of hydrogen-bond donors (Lipinski definition) is 0. The van der Waals surface area contributed by atoms with Gasteiger partial charge in [0.15, 0.2) is 0 Å². The molecule has 206 valence electrons. The second-order valence-corrected chi connectivity index (χ2v) is 11.5. The van der Waals surface area contributed by atoms with E-state index in [4.69, 9.17) is 16.3 Å². The Morgan fingerprint density at radius 2 is 1.74 bits per heavy atom. The van der Waals surface area contributed by atoms with Gasteiger partial charge in [0.2, 0.25) is 10.0 Å². The first-order valence-corrected chi connectivity index (χ1v) is 14.4. The number of amides is 1. The summed E-state index contributed by atoms with van der Waals surface area (Å²) in [6.45, 7) is 3.09. The van der Waals surface area contributed by atoms with Crippen LogP contribution in [0, 0.1) is 5.82 Å². The number of carbonyl (C=O) groups is 1. The molecule has 0 atom stereocenters. The Hall–Kier alpha value is -3.24. The molecule has 1 amide bonds. The molecule has 0 aliphatic carbocycles. The van der Waals surface area contributed by atoms with Crippen LogP contribution in [-0.2, 0) is 10.0 Å². The number of para-hydroxylation sites is 1. The average Bonchev–Trinajstić information content (AvgIpc) is 2.95. The Kier molecular flexibility index (Phi) is 9.74. The van der Waals surface area contributed by atoms with Gasteiger partial charge in [0.1, 0.15) is 11.6 Å². The van der Waals surface area contributed by atoms with Gasteiger partial charge >= 0.3 is 0 Å². The first-order valence-electron chi connectivity index (χ1n) is 12.6. The highest BCUT2D eigenvalue weighted by Gasteiger charge is 2.28. The monoisotopic (exact) mass is 571 g/mol. The van der Waals surface area contributed by atoms with E-state index in [2.05, 4.69) is 4.90 Å². The van der Waals surface area contributed by atoms with E-state index in [1.54, 1.807) is 36.3 Å². The predicted molar refractivity (Wildman–Crippen MR) is 151 cm³/mol. The summed E-state index contributed by atoms with van der Waals surface area (Å²) in [6, 6.07) is 19.4. The van der Waals surface area contributed by atoms with Crippen molar-refractivity contribution in [1.82, 2.24) is 14.1 Å². The van der Waals surface area contributed by atoms with Crippen molar-refractivity contribution in [3.63, 3.8) is 0 Å². The first kappa shape index (κ1) is 28.8. The SMILES string of the molecule is COc1ccccc1/C=C/CN(CCN1CCN(S(=O)(=O)c2ccc(F)cc2)CC1)C(=O)c1cccc(Cl)c1. The highest BCUT2D eigenvalue weighted by Crippen LogP contribution is 2.20.